The second kappa shape index (κ2) is 6.49. The highest BCUT2D eigenvalue weighted by molar-refractivity contribution is 4.87. The van der Waals surface area contributed by atoms with Gasteiger partial charge in [0.2, 0.25) is 0 Å². The van der Waals surface area contributed by atoms with Crippen molar-refractivity contribution in [2.24, 2.45) is 0 Å². The molecule has 0 aliphatic heterocycles. The monoisotopic (exact) mass is 214 g/mol. The van der Waals surface area contributed by atoms with E-state index in [4.69, 9.17) is 0 Å². The van der Waals surface area contributed by atoms with E-state index < -0.39 is 11.7 Å². The van der Waals surface area contributed by atoms with Crippen molar-refractivity contribution < 1.29 is 10.2 Å². The highest BCUT2D eigenvalue weighted by Gasteiger charge is 2.35. The lowest BCUT2D eigenvalue weighted by molar-refractivity contribution is -0.0880. The third-order valence-electron chi connectivity index (χ3n) is 3.67. The number of rotatable bonds is 5. The lowest BCUT2D eigenvalue weighted by Gasteiger charge is -2.32. The van der Waals surface area contributed by atoms with Gasteiger partial charge in [-0.05, 0) is 19.3 Å². The molecule has 1 saturated carbocycles. The summed E-state index contributed by atoms with van der Waals surface area (Å²) in [6, 6.07) is 0. The van der Waals surface area contributed by atoms with Gasteiger partial charge in [-0.3, -0.25) is 0 Å². The van der Waals surface area contributed by atoms with Crippen molar-refractivity contribution in [3.8, 4) is 0 Å². The molecule has 1 aliphatic carbocycles. The number of hydrogen-bond acceptors (Lipinski definition) is 2. The van der Waals surface area contributed by atoms with Crippen molar-refractivity contribution in [2.75, 3.05) is 0 Å². The maximum atomic E-state index is 10.4. The predicted molar refractivity (Wildman–Crippen MR) is 62.8 cm³/mol. The van der Waals surface area contributed by atoms with E-state index in [2.05, 4.69) is 6.92 Å². The van der Waals surface area contributed by atoms with E-state index in [1.807, 2.05) is 0 Å². The van der Waals surface area contributed by atoms with Gasteiger partial charge >= 0.3 is 0 Å². The fourth-order valence-corrected chi connectivity index (χ4v) is 2.53. The van der Waals surface area contributed by atoms with Gasteiger partial charge in [0, 0.05) is 0 Å². The molecule has 0 amide bonds. The van der Waals surface area contributed by atoms with Gasteiger partial charge in [0.15, 0.2) is 0 Å². The van der Waals surface area contributed by atoms with Gasteiger partial charge in [0.05, 0.1) is 11.7 Å². The molecule has 0 bridgehead atoms. The molecule has 0 aromatic rings. The molecule has 1 unspecified atom stereocenters. The van der Waals surface area contributed by atoms with E-state index in [1.54, 1.807) is 0 Å². The predicted octanol–water partition coefficient (Wildman–Crippen LogP) is 3.01. The van der Waals surface area contributed by atoms with Crippen molar-refractivity contribution in [1.82, 2.24) is 0 Å². The van der Waals surface area contributed by atoms with Crippen LogP contribution in [0, 0.1) is 0 Å². The molecule has 1 rings (SSSR count). The first-order valence-electron chi connectivity index (χ1n) is 6.59. The smallest absolute Gasteiger partial charge is 0.0905 e. The third-order valence-corrected chi connectivity index (χ3v) is 3.67. The van der Waals surface area contributed by atoms with E-state index >= 15 is 0 Å². The Morgan fingerprint density at radius 3 is 2.20 bits per heavy atom. The fourth-order valence-electron chi connectivity index (χ4n) is 2.53. The molecule has 0 heterocycles. The van der Waals surface area contributed by atoms with Crippen LogP contribution in [0.2, 0.25) is 0 Å². The summed E-state index contributed by atoms with van der Waals surface area (Å²) >= 11 is 0. The van der Waals surface area contributed by atoms with Gasteiger partial charge in [-0.1, -0.05) is 51.9 Å². The molecule has 2 heteroatoms. The van der Waals surface area contributed by atoms with Crippen molar-refractivity contribution >= 4 is 0 Å². The number of aliphatic hydroxyl groups is 2. The third kappa shape index (κ3) is 4.12. The Bertz CT molecular complexity index is 160. The van der Waals surface area contributed by atoms with Gasteiger partial charge in [-0.15, -0.1) is 0 Å². The average molecular weight is 214 g/mol. The molecule has 1 atom stereocenters. The molecule has 0 radical (unpaired) electrons. The molecule has 90 valence electrons. The molecule has 15 heavy (non-hydrogen) atoms. The lowest BCUT2D eigenvalue weighted by atomic mass is 9.86. The maximum Gasteiger partial charge on any atom is 0.0905 e. The van der Waals surface area contributed by atoms with E-state index in [0.29, 0.717) is 0 Å². The molecule has 2 nitrogen and oxygen atoms in total. The second-order valence-electron chi connectivity index (χ2n) is 5.03. The quantitative estimate of drug-likeness (QED) is 0.545. The van der Waals surface area contributed by atoms with Gasteiger partial charge in [0.25, 0.3) is 0 Å². The summed E-state index contributed by atoms with van der Waals surface area (Å²) in [6.07, 6.45) is 9.79. The molecular formula is C13H26O2. The Morgan fingerprint density at radius 2 is 1.67 bits per heavy atom. The fraction of sp³-hybridized carbons (Fsp3) is 1.00. The van der Waals surface area contributed by atoms with Crippen molar-refractivity contribution in [3.63, 3.8) is 0 Å². The Kier molecular flexibility index (Phi) is 5.62. The van der Waals surface area contributed by atoms with Crippen LogP contribution in [-0.4, -0.2) is 21.9 Å². The van der Waals surface area contributed by atoms with Crippen LogP contribution in [0.1, 0.15) is 71.1 Å². The van der Waals surface area contributed by atoms with Crippen molar-refractivity contribution in [3.05, 3.63) is 0 Å². The van der Waals surface area contributed by atoms with Crippen LogP contribution in [0.25, 0.3) is 0 Å². The molecule has 2 N–H and O–H groups in total. The average Bonchev–Trinajstić information content (AvgIpc) is 2.44. The molecule has 0 aromatic carbocycles. The number of unbranched alkanes of at least 4 members (excludes halogenated alkanes) is 2. The molecule has 0 spiro atoms. The van der Waals surface area contributed by atoms with Gasteiger partial charge in [-0.2, -0.15) is 0 Å². The SMILES string of the molecule is CCCCCC(O)C1(O)CCCCCC1. The zero-order chi connectivity index (χ0) is 11.1. The minimum atomic E-state index is -0.774. The number of aliphatic hydroxyl groups excluding tert-OH is 1. The highest BCUT2D eigenvalue weighted by atomic mass is 16.3. The van der Waals surface area contributed by atoms with E-state index in [-0.39, 0.29) is 0 Å². The Hall–Kier alpha value is -0.0800. The summed E-state index contributed by atoms with van der Waals surface area (Å²) in [5, 5.41) is 20.4. The van der Waals surface area contributed by atoms with Crippen LogP contribution in [0.5, 0.6) is 0 Å². The molecule has 1 aliphatic rings. The van der Waals surface area contributed by atoms with E-state index in [0.717, 1.165) is 44.9 Å². The minimum Gasteiger partial charge on any atom is -0.390 e. The summed E-state index contributed by atoms with van der Waals surface area (Å²) in [5.74, 6) is 0. The summed E-state index contributed by atoms with van der Waals surface area (Å²) < 4.78 is 0. The minimum absolute atomic E-state index is 0.498. The summed E-state index contributed by atoms with van der Waals surface area (Å²) in [5.41, 5.74) is -0.774. The Labute approximate surface area is 93.7 Å². The van der Waals surface area contributed by atoms with Crippen LogP contribution >= 0.6 is 0 Å². The molecule has 0 aromatic heterocycles. The van der Waals surface area contributed by atoms with Gasteiger partial charge < -0.3 is 10.2 Å². The van der Waals surface area contributed by atoms with Crippen molar-refractivity contribution in [2.45, 2.75) is 82.8 Å². The largest absolute Gasteiger partial charge is 0.390 e. The van der Waals surface area contributed by atoms with Crippen LogP contribution in [0.3, 0.4) is 0 Å². The summed E-state index contributed by atoms with van der Waals surface area (Å²) in [6.45, 7) is 2.16. The van der Waals surface area contributed by atoms with Crippen molar-refractivity contribution in [1.29, 1.82) is 0 Å². The highest BCUT2D eigenvalue weighted by Crippen LogP contribution is 2.31. The van der Waals surface area contributed by atoms with Crippen LogP contribution in [0.4, 0.5) is 0 Å². The van der Waals surface area contributed by atoms with Crippen LogP contribution in [-0.2, 0) is 0 Å². The molecular weight excluding hydrogens is 188 g/mol. The van der Waals surface area contributed by atoms with Gasteiger partial charge in [-0.25, -0.2) is 0 Å². The maximum absolute atomic E-state index is 10.4. The number of hydrogen-bond donors (Lipinski definition) is 2. The Morgan fingerprint density at radius 1 is 1.07 bits per heavy atom. The lowest BCUT2D eigenvalue weighted by Crippen LogP contribution is -2.41. The first kappa shape index (κ1) is 13.0. The normalized spacial score (nSPS) is 23.4. The first-order chi connectivity index (χ1) is 7.19. The second-order valence-corrected chi connectivity index (χ2v) is 5.03. The molecule has 1 fully saturated rings. The van der Waals surface area contributed by atoms with Crippen LogP contribution < -0.4 is 0 Å². The standard InChI is InChI=1S/C13H26O2/c1-2-3-6-9-12(14)13(15)10-7-4-5-8-11-13/h12,14-15H,2-11H2,1H3. The Balaban J connectivity index is 2.36. The topological polar surface area (TPSA) is 40.5 Å². The zero-order valence-electron chi connectivity index (χ0n) is 10.0. The molecule has 0 saturated heterocycles. The first-order valence-corrected chi connectivity index (χ1v) is 6.59. The zero-order valence-corrected chi connectivity index (χ0v) is 10.0. The van der Waals surface area contributed by atoms with E-state index in [1.165, 1.54) is 19.3 Å². The van der Waals surface area contributed by atoms with Crippen LogP contribution in [0.15, 0.2) is 0 Å². The summed E-state index contributed by atoms with van der Waals surface area (Å²) in [4.78, 5) is 0. The van der Waals surface area contributed by atoms with Gasteiger partial charge in [0.1, 0.15) is 0 Å². The summed E-state index contributed by atoms with van der Waals surface area (Å²) in [7, 11) is 0. The van der Waals surface area contributed by atoms with E-state index in [9.17, 15) is 10.2 Å².